The molecule has 2 atom stereocenters. The van der Waals surface area contributed by atoms with E-state index < -0.39 is 0 Å². The molecule has 0 bridgehead atoms. The summed E-state index contributed by atoms with van der Waals surface area (Å²) in [7, 11) is 1.91. The molecule has 110 valence electrons. The first kappa shape index (κ1) is 14.9. The summed E-state index contributed by atoms with van der Waals surface area (Å²) >= 11 is 0. The number of nitrogens with two attached hydrogens (primary N) is 1. The van der Waals surface area contributed by atoms with Crippen LogP contribution >= 0.6 is 0 Å². The van der Waals surface area contributed by atoms with Crippen LogP contribution in [0.2, 0.25) is 0 Å². The van der Waals surface area contributed by atoms with Crippen molar-refractivity contribution in [1.82, 2.24) is 4.90 Å². The largest absolute Gasteiger partial charge is 0.369 e. The van der Waals surface area contributed by atoms with Gasteiger partial charge in [0.25, 0.3) is 0 Å². The number of carbonyl (C=O) groups is 1. The monoisotopic (exact) mass is 275 g/mol. The molecule has 1 aliphatic rings. The van der Waals surface area contributed by atoms with Gasteiger partial charge in [-0.1, -0.05) is 18.2 Å². The first-order valence-electron chi connectivity index (χ1n) is 7.39. The molecule has 2 N–H and O–H groups in total. The summed E-state index contributed by atoms with van der Waals surface area (Å²) < 4.78 is 0. The van der Waals surface area contributed by atoms with E-state index in [1.54, 1.807) is 0 Å². The van der Waals surface area contributed by atoms with Gasteiger partial charge in [-0.15, -0.1) is 0 Å². The van der Waals surface area contributed by atoms with Gasteiger partial charge in [0, 0.05) is 44.3 Å². The third-order valence-corrected chi connectivity index (χ3v) is 3.96. The van der Waals surface area contributed by atoms with Crippen molar-refractivity contribution in [2.24, 2.45) is 5.73 Å². The van der Waals surface area contributed by atoms with Gasteiger partial charge in [-0.3, -0.25) is 4.79 Å². The van der Waals surface area contributed by atoms with Gasteiger partial charge in [-0.25, -0.2) is 0 Å². The molecule has 1 fully saturated rings. The smallest absolute Gasteiger partial charge is 0.224 e. The van der Waals surface area contributed by atoms with Gasteiger partial charge in [0.05, 0.1) is 0 Å². The van der Waals surface area contributed by atoms with Crippen LogP contribution < -0.4 is 10.6 Å². The van der Waals surface area contributed by atoms with Gasteiger partial charge < -0.3 is 15.5 Å². The number of piperidine rings is 1. The van der Waals surface area contributed by atoms with E-state index in [0.29, 0.717) is 6.42 Å². The number of nitrogens with zero attached hydrogens (tertiary/aromatic N) is 2. The summed E-state index contributed by atoms with van der Waals surface area (Å²) in [4.78, 5) is 16.4. The molecule has 1 aliphatic heterocycles. The first-order valence-corrected chi connectivity index (χ1v) is 7.39. The standard InChI is InChI=1S/C16H25N3O/c1-13(17)11-16(20)18(2)15-9-6-10-19(12-15)14-7-4-3-5-8-14/h3-5,7-8,13,15H,6,9-12,17H2,1-2H3. The fourth-order valence-corrected chi connectivity index (χ4v) is 2.77. The van der Waals surface area contributed by atoms with Crippen molar-refractivity contribution in [1.29, 1.82) is 0 Å². The third-order valence-electron chi connectivity index (χ3n) is 3.96. The molecule has 4 nitrogen and oxygen atoms in total. The van der Waals surface area contributed by atoms with Crippen LogP contribution in [0.25, 0.3) is 0 Å². The van der Waals surface area contributed by atoms with Crippen molar-refractivity contribution in [3.8, 4) is 0 Å². The molecule has 0 radical (unpaired) electrons. The van der Waals surface area contributed by atoms with Gasteiger partial charge >= 0.3 is 0 Å². The molecule has 1 saturated heterocycles. The lowest BCUT2D eigenvalue weighted by Crippen LogP contribution is -2.49. The average molecular weight is 275 g/mol. The van der Waals surface area contributed by atoms with E-state index in [-0.39, 0.29) is 18.0 Å². The zero-order valence-electron chi connectivity index (χ0n) is 12.5. The lowest BCUT2D eigenvalue weighted by atomic mass is 10.0. The second-order valence-electron chi connectivity index (χ2n) is 5.76. The second-order valence-corrected chi connectivity index (χ2v) is 5.76. The van der Waals surface area contributed by atoms with Crippen LogP contribution in [0.15, 0.2) is 30.3 Å². The summed E-state index contributed by atoms with van der Waals surface area (Å²) in [6.45, 7) is 3.85. The summed E-state index contributed by atoms with van der Waals surface area (Å²) in [5.41, 5.74) is 6.96. The summed E-state index contributed by atoms with van der Waals surface area (Å²) in [5, 5.41) is 0. The highest BCUT2D eigenvalue weighted by atomic mass is 16.2. The molecule has 0 spiro atoms. The Morgan fingerprint density at radius 3 is 2.80 bits per heavy atom. The number of amides is 1. The number of para-hydroxylation sites is 1. The minimum absolute atomic E-state index is 0.0706. The number of benzene rings is 1. The van der Waals surface area contributed by atoms with E-state index in [2.05, 4.69) is 29.2 Å². The SMILES string of the molecule is CC(N)CC(=O)N(C)C1CCCN(c2ccccc2)C1. The maximum atomic E-state index is 12.1. The number of rotatable bonds is 4. The fourth-order valence-electron chi connectivity index (χ4n) is 2.77. The molecule has 2 rings (SSSR count). The number of likely N-dealkylation sites (N-methyl/N-ethyl adjacent to an activating group) is 1. The molecule has 4 heteroatoms. The molecule has 0 aromatic heterocycles. The van der Waals surface area contributed by atoms with E-state index in [0.717, 1.165) is 25.9 Å². The minimum Gasteiger partial charge on any atom is -0.369 e. The lowest BCUT2D eigenvalue weighted by molar-refractivity contribution is -0.132. The Kier molecular flexibility index (Phi) is 5.01. The van der Waals surface area contributed by atoms with Crippen LogP contribution in [0.4, 0.5) is 5.69 Å². The van der Waals surface area contributed by atoms with Gasteiger partial charge in [0.15, 0.2) is 0 Å². The van der Waals surface area contributed by atoms with Crippen LogP contribution in [0.3, 0.4) is 0 Å². The average Bonchev–Trinajstić information content (AvgIpc) is 2.47. The summed E-state index contributed by atoms with van der Waals surface area (Å²) in [6.07, 6.45) is 2.62. The molecule has 1 aromatic carbocycles. The van der Waals surface area contributed by atoms with Crippen LogP contribution in [0.1, 0.15) is 26.2 Å². The first-order chi connectivity index (χ1) is 9.58. The minimum atomic E-state index is -0.0706. The summed E-state index contributed by atoms with van der Waals surface area (Å²) in [5.74, 6) is 0.153. The Morgan fingerprint density at radius 1 is 1.45 bits per heavy atom. The normalized spacial score (nSPS) is 20.6. The second kappa shape index (κ2) is 6.75. The van der Waals surface area contributed by atoms with E-state index in [4.69, 9.17) is 5.73 Å². The van der Waals surface area contributed by atoms with Crippen molar-refractivity contribution in [3.05, 3.63) is 30.3 Å². The highest BCUT2D eigenvalue weighted by molar-refractivity contribution is 5.77. The van der Waals surface area contributed by atoms with Crippen LogP contribution in [0, 0.1) is 0 Å². The predicted octanol–water partition coefficient (Wildman–Crippen LogP) is 1.85. The van der Waals surface area contributed by atoms with Crippen molar-refractivity contribution in [3.63, 3.8) is 0 Å². The van der Waals surface area contributed by atoms with Crippen LogP contribution in [-0.2, 0) is 4.79 Å². The van der Waals surface area contributed by atoms with Gasteiger partial charge in [-0.05, 0) is 31.9 Å². The molecule has 20 heavy (non-hydrogen) atoms. The van der Waals surface area contributed by atoms with Crippen molar-refractivity contribution in [2.75, 3.05) is 25.0 Å². The number of hydrogen-bond donors (Lipinski definition) is 1. The zero-order chi connectivity index (χ0) is 14.5. The lowest BCUT2D eigenvalue weighted by Gasteiger charge is -2.39. The molecule has 1 amide bonds. The van der Waals surface area contributed by atoms with E-state index >= 15 is 0 Å². The molecule has 1 heterocycles. The highest BCUT2D eigenvalue weighted by Gasteiger charge is 2.26. The Morgan fingerprint density at radius 2 is 2.15 bits per heavy atom. The Labute approximate surface area is 121 Å². The van der Waals surface area contributed by atoms with Gasteiger partial charge in [0.2, 0.25) is 5.91 Å². The maximum absolute atomic E-state index is 12.1. The van der Waals surface area contributed by atoms with Crippen LogP contribution in [-0.4, -0.2) is 43.0 Å². The molecular formula is C16H25N3O. The third kappa shape index (κ3) is 3.73. The number of carbonyl (C=O) groups excluding carboxylic acids is 1. The van der Waals surface area contributed by atoms with Crippen molar-refractivity contribution < 1.29 is 4.79 Å². The Hall–Kier alpha value is -1.55. The fraction of sp³-hybridized carbons (Fsp3) is 0.562. The molecule has 2 unspecified atom stereocenters. The number of anilines is 1. The molecular weight excluding hydrogens is 250 g/mol. The molecule has 0 saturated carbocycles. The quantitative estimate of drug-likeness (QED) is 0.912. The van der Waals surface area contributed by atoms with Gasteiger partial charge in [-0.2, -0.15) is 0 Å². The Balaban J connectivity index is 1.98. The maximum Gasteiger partial charge on any atom is 0.224 e. The topological polar surface area (TPSA) is 49.6 Å². The zero-order valence-corrected chi connectivity index (χ0v) is 12.5. The Bertz CT molecular complexity index is 433. The van der Waals surface area contributed by atoms with Crippen LogP contribution in [0.5, 0.6) is 0 Å². The van der Waals surface area contributed by atoms with Crippen molar-refractivity contribution in [2.45, 2.75) is 38.3 Å². The van der Waals surface area contributed by atoms with E-state index in [9.17, 15) is 4.79 Å². The molecule has 1 aromatic rings. The predicted molar refractivity (Wildman–Crippen MR) is 82.7 cm³/mol. The number of hydrogen-bond acceptors (Lipinski definition) is 3. The van der Waals surface area contributed by atoms with E-state index in [1.165, 1.54) is 5.69 Å². The van der Waals surface area contributed by atoms with Crippen molar-refractivity contribution >= 4 is 11.6 Å². The van der Waals surface area contributed by atoms with Gasteiger partial charge in [0.1, 0.15) is 0 Å². The highest BCUT2D eigenvalue weighted by Crippen LogP contribution is 2.22. The molecule has 0 aliphatic carbocycles. The van der Waals surface area contributed by atoms with E-state index in [1.807, 2.05) is 24.9 Å². The summed E-state index contributed by atoms with van der Waals surface area (Å²) in [6, 6.07) is 10.6.